The summed E-state index contributed by atoms with van der Waals surface area (Å²) in [5, 5.41) is 0. The Kier molecular flexibility index (Phi) is 3.63. The van der Waals surface area contributed by atoms with Crippen LogP contribution in [0.15, 0.2) is 22.9 Å². The predicted molar refractivity (Wildman–Crippen MR) is 65.2 cm³/mol. The second-order valence-corrected chi connectivity index (χ2v) is 4.46. The van der Waals surface area contributed by atoms with Crippen molar-refractivity contribution in [3.8, 4) is 5.75 Å². The highest BCUT2D eigenvalue weighted by Crippen LogP contribution is 2.27. The van der Waals surface area contributed by atoms with Crippen molar-refractivity contribution < 1.29 is 13.5 Å². The number of rotatable bonds is 3. The number of imidazole rings is 1. The summed E-state index contributed by atoms with van der Waals surface area (Å²) in [7, 11) is 1.26. The molecule has 0 bridgehead atoms. The molecule has 0 saturated heterocycles. The van der Waals surface area contributed by atoms with E-state index >= 15 is 0 Å². The number of nitrogens with two attached hydrogens (primary N) is 1. The van der Waals surface area contributed by atoms with Gasteiger partial charge in [-0.3, -0.25) is 0 Å². The first kappa shape index (κ1) is 13.0. The molecule has 1 aromatic carbocycles. The topological polar surface area (TPSA) is 63.9 Å². The van der Waals surface area contributed by atoms with Crippen molar-refractivity contribution in [2.24, 2.45) is 5.73 Å². The second kappa shape index (κ2) is 5.03. The summed E-state index contributed by atoms with van der Waals surface area (Å²) in [6, 6.07) is 1.09. The van der Waals surface area contributed by atoms with E-state index in [0.29, 0.717) is 10.4 Å². The highest BCUT2D eigenvalue weighted by Gasteiger charge is 2.19. The zero-order chi connectivity index (χ0) is 13.3. The Morgan fingerprint density at radius 1 is 1.39 bits per heavy atom. The number of hydrogen-bond donors (Lipinski definition) is 2. The van der Waals surface area contributed by atoms with E-state index in [1.165, 1.54) is 13.3 Å². The Morgan fingerprint density at radius 2 is 2.11 bits per heavy atom. The van der Waals surface area contributed by atoms with Gasteiger partial charge in [0.1, 0.15) is 16.2 Å². The van der Waals surface area contributed by atoms with E-state index in [9.17, 15) is 8.78 Å². The van der Waals surface area contributed by atoms with Crippen molar-refractivity contribution in [3.05, 3.63) is 46.0 Å². The summed E-state index contributed by atoms with van der Waals surface area (Å²) in [6.07, 6.45) is 1.49. The first-order chi connectivity index (χ1) is 8.52. The molecule has 0 saturated carbocycles. The Balaban J connectivity index is 2.42. The number of methoxy groups -OCH3 is 1. The van der Waals surface area contributed by atoms with E-state index < -0.39 is 17.7 Å². The van der Waals surface area contributed by atoms with Crippen LogP contribution in [0.2, 0.25) is 0 Å². The molecule has 18 heavy (non-hydrogen) atoms. The molecule has 4 nitrogen and oxygen atoms in total. The summed E-state index contributed by atoms with van der Waals surface area (Å²) >= 11 is 3.17. The zero-order valence-electron chi connectivity index (χ0n) is 9.38. The molecule has 1 unspecified atom stereocenters. The average Bonchev–Trinajstić information content (AvgIpc) is 2.77. The molecular formula is C11H10BrF2N3O. The van der Waals surface area contributed by atoms with Gasteiger partial charge in [0.05, 0.1) is 19.3 Å². The van der Waals surface area contributed by atoms with Gasteiger partial charge in [-0.2, -0.15) is 0 Å². The van der Waals surface area contributed by atoms with Gasteiger partial charge in [-0.05, 0) is 22.0 Å². The van der Waals surface area contributed by atoms with E-state index in [0.717, 1.165) is 12.1 Å². The number of H-pyrrole nitrogens is 1. The molecule has 0 spiro atoms. The van der Waals surface area contributed by atoms with Crippen LogP contribution in [0.1, 0.15) is 17.4 Å². The average molecular weight is 318 g/mol. The van der Waals surface area contributed by atoms with Gasteiger partial charge in [-0.25, -0.2) is 13.8 Å². The van der Waals surface area contributed by atoms with Crippen LogP contribution in [0, 0.1) is 11.6 Å². The van der Waals surface area contributed by atoms with Gasteiger partial charge in [0.25, 0.3) is 0 Å². The number of nitrogens with one attached hydrogen (secondary N) is 1. The molecule has 0 fully saturated rings. The minimum absolute atomic E-state index is 0.00940. The van der Waals surface area contributed by atoms with Crippen LogP contribution in [0.3, 0.4) is 0 Å². The van der Waals surface area contributed by atoms with Gasteiger partial charge in [0.2, 0.25) is 0 Å². The smallest absolute Gasteiger partial charge is 0.165 e. The van der Waals surface area contributed by atoms with Gasteiger partial charge < -0.3 is 15.5 Å². The van der Waals surface area contributed by atoms with Gasteiger partial charge in [-0.15, -0.1) is 0 Å². The first-order valence-corrected chi connectivity index (χ1v) is 5.81. The molecule has 0 aliphatic carbocycles. The highest BCUT2D eigenvalue weighted by atomic mass is 79.9. The summed E-state index contributed by atoms with van der Waals surface area (Å²) in [5.74, 6) is -1.14. The monoisotopic (exact) mass is 317 g/mol. The number of aromatic nitrogens is 2. The zero-order valence-corrected chi connectivity index (χ0v) is 11.0. The normalized spacial score (nSPS) is 12.5. The van der Waals surface area contributed by atoms with E-state index in [-0.39, 0.29) is 11.3 Å². The van der Waals surface area contributed by atoms with Crippen LogP contribution in [-0.4, -0.2) is 17.1 Å². The van der Waals surface area contributed by atoms with E-state index in [1.807, 2.05) is 0 Å². The van der Waals surface area contributed by atoms with Crippen molar-refractivity contribution in [1.29, 1.82) is 0 Å². The lowest BCUT2D eigenvalue weighted by Gasteiger charge is -2.12. The Bertz CT molecular complexity index is 573. The fraction of sp³-hybridized carbons (Fsp3) is 0.182. The minimum atomic E-state index is -0.878. The maximum atomic E-state index is 13.8. The molecule has 1 heterocycles. The van der Waals surface area contributed by atoms with Gasteiger partial charge in [0.15, 0.2) is 11.6 Å². The minimum Gasteiger partial charge on any atom is -0.494 e. The van der Waals surface area contributed by atoms with Crippen molar-refractivity contribution >= 4 is 15.9 Å². The maximum Gasteiger partial charge on any atom is 0.165 e. The Morgan fingerprint density at radius 3 is 2.67 bits per heavy atom. The van der Waals surface area contributed by atoms with Gasteiger partial charge in [-0.1, -0.05) is 0 Å². The van der Waals surface area contributed by atoms with Crippen LogP contribution in [0.4, 0.5) is 8.78 Å². The molecule has 7 heteroatoms. The van der Waals surface area contributed by atoms with Crippen molar-refractivity contribution in [2.75, 3.05) is 7.11 Å². The molecule has 3 N–H and O–H groups in total. The van der Waals surface area contributed by atoms with Crippen molar-refractivity contribution in [2.45, 2.75) is 6.04 Å². The summed E-state index contributed by atoms with van der Waals surface area (Å²) < 4.78 is 32.6. The van der Waals surface area contributed by atoms with Gasteiger partial charge >= 0.3 is 0 Å². The van der Waals surface area contributed by atoms with E-state index in [2.05, 4.69) is 30.6 Å². The molecule has 0 amide bonds. The van der Waals surface area contributed by atoms with Crippen LogP contribution in [-0.2, 0) is 0 Å². The van der Waals surface area contributed by atoms with Crippen molar-refractivity contribution in [1.82, 2.24) is 9.97 Å². The van der Waals surface area contributed by atoms with Gasteiger partial charge in [0, 0.05) is 11.6 Å². The Labute approximate surface area is 110 Å². The maximum absolute atomic E-state index is 13.8. The molecule has 2 aromatic rings. The molecule has 2 rings (SSSR count). The van der Waals surface area contributed by atoms with Crippen LogP contribution >= 0.6 is 15.9 Å². The van der Waals surface area contributed by atoms with Crippen LogP contribution in [0.5, 0.6) is 5.75 Å². The first-order valence-electron chi connectivity index (χ1n) is 5.02. The molecule has 1 atom stereocenters. The molecular weight excluding hydrogens is 308 g/mol. The lowest BCUT2D eigenvalue weighted by atomic mass is 10.1. The summed E-state index contributed by atoms with van der Waals surface area (Å²) in [4.78, 5) is 6.77. The molecule has 0 radical (unpaired) electrons. The largest absolute Gasteiger partial charge is 0.494 e. The highest BCUT2D eigenvalue weighted by molar-refractivity contribution is 9.10. The molecule has 0 aliphatic heterocycles. The lowest BCUT2D eigenvalue weighted by Crippen LogP contribution is -2.15. The number of hydrogen-bond acceptors (Lipinski definition) is 3. The van der Waals surface area contributed by atoms with Crippen molar-refractivity contribution in [3.63, 3.8) is 0 Å². The lowest BCUT2D eigenvalue weighted by molar-refractivity contribution is 0.381. The molecule has 96 valence electrons. The quantitative estimate of drug-likeness (QED) is 0.914. The second-order valence-electron chi connectivity index (χ2n) is 3.60. The number of nitrogens with zero attached hydrogens (tertiary/aromatic N) is 1. The van der Waals surface area contributed by atoms with E-state index in [4.69, 9.17) is 5.73 Å². The number of benzene rings is 1. The van der Waals surface area contributed by atoms with Crippen LogP contribution in [0.25, 0.3) is 0 Å². The SMILES string of the molecule is COc1cc(F)c(C(N)c2ncc(Br)[nH]2)cc1F. The van der Waals surface area contributed by atoms with E-state index in [1.54, 1.807) is 0 Å². The Hall–Kier alpha value is -1.47. The number of aromatic amines is 1. The fourth-order valence-corrected chi connectivity index (χ4v) is 1.86. The summed E-state index contributed by atoms with van der Waals surface area (Å²) in [6.45, 7) is 0. The standard InChI is InChI=1S/C11H10BrF2N3O/c1-18-8-3-6(13)5(2-7(8)14)10(15)11-16-4-9(12)17-11/h2-4,10H,15H2,1H3,(H,16,17). The molecule has 0 aliphatic rings. The van der Waals surface area contributed by atoms with Crippen LogP contribution < -0.4 is 10.5 Å². The summed E-state index contributed by atoms with van der Waals surface area (Å²) in [5.41, 5.74) is 5.84. The predicted octanol–water partition coefficient (Wildman–Crippen LogP) is 2.51. The third kappa shape index (κ3) is 2.37. The number of ether oxygens (including phenoxy) is 1. The third-order valence-electron chi connectivity index (χ3n) is 2.47. The molecule has 1 aromatic heterocycles. The number of halogens is 3. The third-order valence-corrected chi connectivity index (χ3v) is 2.87. The fourth-order valence-electron chi connectivity index (χ4n) is 1.56.